The van der Waals surface area contributed by atoms with Gasteiger partial charge in [0.25, 0.3) is 0 Å². The van der Waals surface area contributed by atoms with Crippen molar-refractivity contribution >= 4 is 29.9 Å². The SMILES string of the molecule is CCNC(=NCc1ccc(C)cc1OCC1CC1)NCC1CCN(C)CC1.I. The van der Waals surface area contributed by atoms with Gasteiger partial charge in [-0.2, -0.15) is 0 Å². The van der Waals surface area contributed by atoms with E-state index in [0.29, 0.717) is 6.54 Å². The predicted octanol–water partition coefficient (Wildman–Crippen LogP) is 3.80. The van der Waals surface area contributed by atoms with Gasteiger partial charge in [0.2, 0.25) is 0 Å². The van der Waals surface area contributed by atoms with Crippen LogP contribution in [0.15, 0.2) is 23.2 Å². The Balaban J connectivity index is 0.00000280. The number of aryl methyl sites for hydroxylation is 1. The van der Waals surface area contributed by atoms with Crippen LogP contribution in [-0.2, 0) is 6.54 Å². The zero-order chi connectivity index (χ0) is 19.1. The van der Waals surface area contributed by atoms with Crippen LogP contribution in [0.3, 0.4) is 0 Å². The van der Waals surface area contributed by atoms with Crippen LogP contribution in [0, 0.1) is 18.8 Å². The highest BCUT2D eigenvalue weighted by Crippen LogP contribution is 2.31. The molecule has 2 fully saturated rings. The number of benzene rings is 1. The molecule has 158 valence electrons. The molecule has 0 radical (unpaired) electrons. The summed E-state index contributed by atoms with van der Waals surface area (Å²) in [6, 6.07) is 6.45. The van der Waals surface area contributed by atoms with Crippen molar-refractivity contribution in [1.29, 1.82) is 0 Å². The monoisotopic (exact) mass is 500 g/mol. The van der Waals surface area contributed by atoms with Gasteiger partial charge in [-0.1, -0.05) is 12.1 Å². The molecule has 3 rings (SSSR count). The summed E-state index contributed by atoms with van der Waals surface area (Å²) in [6.07, 6.45) is 5.15. The van der Waals surface area contributed by atoms with Crippen LogP contribution in [0.25, 0.3) is 0 Å². The van der Waals surface area contributed by atoms with Crippen molar-refractivity contribution < 1.29 is 4.74 Å². The average molecular weight is 500 g/mol. The summed E-state index contributed by atoms with van der Waals surface area (Å²) in [7, 11) is 2.21. The Morgan fingerprint density at radius 1 is 1.14 bits per heavy atom. The number of nitrogens with zero attached hydrogens (tertiary/aromatic N) is 2. The predicted molar refractivity (Wildman–Crippen MR) is 128 cm³/mol. The topological polar surface area (TPSA) is 48.9 Å². The Labute approximate surface area is 187 Å². The maximum Gasteiger partial charge on any atom is 0.191 e. The molecule has 28 heavy (non-hydrogen) atoms. The number of aliphatic imine (C=N–C) groups is 1. The van der Waals surface area contributed by atoms with E-state index >= 15 is 0 Å². The molecule has 1 aromatic rings. The summed E-state index contributed by atoms with van der Waals surface area (Å²) < 4.78 is 6.08. The van der Waals surface area contributed by atoms with Crippen LogP contribution in [0.1, 0.15) is 43.7 Å². The number of hydrogen-bond acceptors (Lipinski definition) is 3. The highest BCUT2D eigenvalue weighted by Gasteiger charge is 2.22. The van der Waals surface area contributed by atoms with Crippen molar-refractivity contribution in [2.75, 3.05) is 39.8 Å². The van der Waals surface area contributed by atoms with Crippen molar-refractivity contribution in [3.8, 4) is 5.75 Å². The summed E-state index contributed by atoms with van der Waals surface area (Å²) in [6.45, 7) is 9.98. The highest BCUT2D eigenvalue weighted by molar-refractivity contribution is 14.0. The zero-order valence-electron chi connectivity index (χ0n) is 17.7. The van der Waals surface area contributed by atoms with Crippen molar-refractivity contribution in [1.82, 2.24) is 15.5 Å². The van der Waals surface area contributed by atoms with Crippen LogP contribution in [0.4, 0.5) is 0 Å². The number of nitrogens with one attached hydrogen (secondary N) is 2. The molecule has 1 saturated heterocycles. The van der Waals surface area contributed by atoms with Crippen LogP contribution in [-0.4, -0.2) is 50.7 Å². The average Bonchev–Trinajstić information content (AvgIpc) is 3.49. The van der Waals surface area contributed by atoms with E-state index in [2.05, 4.69) is 54.6 Å². The van der Waals surface area contributed by atoms with Crippen LogP contribution in [0.5, 0.6) is 5.75 Å². The fourth-order valence-electron chi connectivity index (χ4n) is 3.43. The lowest BCUT2D eigenvalue weighted by molar-refractivity contribution is 0.220. The van der Waals surface area contributed by atoms with E-state index < -0.39 is 0 Å². The van der Waals surface area contributed by atoms with Crippen LogP contribution < -0.4 is 15.4 Å². The largest absolute Gasteiger partial charge is 0.493 e. The Morgan fingerprint density at radius 2 is 1.89 bits per heavy atom. The summed E-state index contributed by atoms with van der Waals surface area (Å²) in [5, 5.41) is 6.93. The lowest BCUT2D eigenvalue weighted by Gasteiger charge is -2.29. The van der Waals surface area contributed by atoms with E-state index in [0.717, 1.165) is 48.8 Å². The molecule has 6 heteroatoms. The highest BCUT2D eigenvalue weighted by atomic mass is 127. The third-order valence-electron chi connectivity index (χ3n) is 5.54. The van der Waals surface area contributed by atoms with Gasteiger partial charge in [-0.3, -0.25) is 0 Å². The number of hydrogen-bond donors (Lipinski definition) is 2. The van der Waals surface area contributed by atoms with Gasteiger partial charge in [-0.05, 0) is 83.1 Å². The van der Waals surface area contributed by atoms with E-state index in [4.69, 9.17) is 9.73 Å². The van der Waals surface area contributed by atoms with Gasteiger partial charge in [-0.25, -0.2) is 4.99 Å². The molecule has 0 unspecified atom stereocenters. The van der Waals surface area contributed by atoms with Crippen LogP contribution in [0.2, 0.25) is 0 Å². The Kier molecular flexibility index (Phi) is 9.85. The first kappa shape index (κ1) is 23.3. The molecule has 0 atom stereocenters. The van der Waals surface area contributed by atoms with Gasteiger partial charge < -0.3 is 20.3 Å². The normalized spacial score (nSPS) is 18.5. The van der Waals surface area contributed by atoms with Crippen molar-refractivity contribution in [2.24, 2.45) is 16.8 Å². The van der Waals surface area contributed by atoms with Gasteiger partial charge in [0.05, 0.1) is 13.2 Å². The lowest BCUT2D eigenvalue weighted by Crippen LogP contribution is -2.42. The molecule has 0 amide bonds. The van der Waals surface area contributed by atoms with Gasteiger partial charge in [-0.15, -0.1) is 24.0 Å². The van der Waals surface area contributed by atoms with Gasteiger partial charge in [0, 0.05) is 18.7 Å². The van der Waals surface area contributed by atoms with E-state index in [1.165, 1.54) is 44.3 Å². The molecule has 1 aromatic carbocycles. The zero-order valence-corrected chi connectivity index (χ0v) is 20.0. The first-order valence-corrected chi connectivity index (χ1v) is 10.6. The number of guanidine groups is 1. The summed E-state index contributed by atoms with van der Waals surface area (Å²) in [5.41, 5.74) is 2.40. The molecule has 2 aliphatic rings. The number of piperidine rings is 1. The molecule has 1 saturated carbocycles. The quantitative estimate of drug-likeness (QED) is 0.324. The second kappa shape index (κ2) is 11.9. The molecule has 0 spiro atoms. The standard InChI is InChI=1S/C22H36N4O.HI/c1-4-23-22(24-14-18-9-11-26(3)12-10-18)25-15-20-8-5-17(2)13-21(20)27-16-19-6-7-19;/h5,8,13,18-19H,4,6-7,9-12,14-16H2,1-3H3,(H2,23,24,25);1H. The first-order chi connectivity index (χ1) is 13.1. The third kappa shape index (κ3) is 7.78. The maximum absolute atomic E-state index is 6.08. The van der Waals surface area contributed by atoms with Crippen LogP contribution >= 0.6 is 24.0 Å². The third-order valence-corrected chi connectivity index (χ3v) is 5.54. The molecule has 0 bridgehead atoms. The van der Waals surface area contributed by atoms with E-state index in [1.807, 2.05) is 0 Å². The van der Waals surface area contributed by atoms with Gasteiger partial charge in [0.15, 0.2) is 5.96 Å². The number of ether oxygens (including phenoxy) is 1. The van der Waals surface area contributed by atoms with Crippen molar-refractivity contribution in [3.05, 3.63) is 29.3 Å². The van der Waals surface area contributed by atoms with E-state index in [1.54, 1.807) is 0 Å². The summed E-state index contributed by atoms with van der Waals surface area (Å²) in [5.74, 6) is 3.40. The smallest absolute Gasteiger partial charge is 0.191 e. The molecular formula is C22H37IN4O. The molecule has 1 aliphatic carbocycles. The fraction of sp³-hybridized carbons (Fsp3) is 0.682. The Morgan fingerprint density at radius 3 is 2.57 bits per heavy atom. The van der Waals surface area contributed by atoms with Crippen molar-refractivity contribution in [3.63, 3.8) is 0 Å². The number of halogens is 1. The molecule has 5 nitrogen and oxygen atoms in total. The van der Waals surface area contributed by atoms with Gasteiger partial charge in [0.1, 0.15) is 5.75 Å². The van der Waals surface area contributed by atoms with E-state index in [9.17, 15) is 0 Å². The lowest BCUT2D eigenvalue weighted by atomic mass is 9.97. The molecule has 1 heterocycles. The van der Waals surface area contributed by atoms with Gasteiger partial charge >= 0.3 is 0 Å². The summed E-state index contributed by atoms with van der Waals surface area (Å²) >= 11 is 0. The molecule has 0 aromatic heterocycles. The summed E-state index contributed by atoms with van der Waals surface area (Å²) in [4.78, 5) is 7.23. The second-order valence-electron chi connectivity index (χ2n) is 8.19. The molecule has 1 aliphatic heterocycles. The fourth-order valence-corrected chi connectivity index (χ4v) is 3.43. The maximum atomic E-state index is 6.08. The molecule has 2 N–H and O–H groups in total. The second-order valence-corrected chi connectivity index (χ2v) is 8.19. The van der Waals surface area contributed by atoms with E-state index in [-0.39, 0.29) is 24.0 Å². The number of likely N-dealkylation sites (tertiary alicyclic amines) is 1. The minimum Gasteiger partial charge on any atom is -0.493 e. The minimum absolute atomic E-state index is 0. The Hall–Kier alpha value is -1.02. The minimum atomic E-state index is 0. The number of rotatable bonds is 8. The first-order valence-electron chi connectivity index (χ1n) is 10.6. The Bertz CT molecular complexity index is 625. The molecular weight excluding hydrogens is 463 g/mol. The van der Waals surface area contributed by atoms with Crippen molar-refractivity contribution in [2.45, 2.75) is 46.1 Å².